The van der Waals surface area contributed by atoms with E-state index in [-0.39, 0.29) is 40.1 Å². The number of benzene rings is 1. The lowest BCUT2D eigenvalue weighted by molar-refractivity contribution is -0.126. The maximum absolute atomic E-state index is 12.8. The molecule has 0 bridgehead atoms. The molecule has 1 saturated heterocycles. The molecule has 1 N–H and O–H groups in total. The molecule has 1 aliphatic rings. The van der Waals surface area contributed by atoms with Gasteiger partial charge in [-0.05, 0) is 57.4 Å². The van der Waals surface area contributed by atoms with Gasteiger partial charge in [0.15, 0.2) is 21.3 Å². The zero-order valence-corrected chi connectivity index (χ0v) is 18.9. The SMILES string of the molecule is CCCS(=O)(=O)c1ccc(-c2cc(C(=O)N3CCC(C(=O)NC(C)C)CC3)no2)cc1. The topological polar surface area (TPSA) is 110 Å². The van der Waals surface area contributed by atoms with E-state index in [2.05, 4.69) is 10.5 Å². The lowest BCUT2D eigenvalue weighted by Crippen LogP contribution is -2.44. The zero-order valence-electron chi connectivity index (χ0n) is 18.1. The summed E-state index contributed by atoms with van der Waals surface area (Å²) in [6.07, 6.45) is 1.78. The molecule has 1 aromatic carbocycles. The number of piperidine rings is 1. The molecule has 2 aromatic rings. The number of hydrogen-bond donors (Lipinski definition) is 1. The van der Waals surface area contributed by atoms with Crippen LogP contribution in [0.25, 0.3) is 11.3 Å². The molecule has 168 valence electrons. The van der Waals surface area contributed by atoms with E-state index in [0.29, 0.717) is 43.7 Å². The van der Waals surface area contributed by atoms with Crippen LogP contribution in [0.4, 0.5) is 0 Å². The van der Waals surface area contributed by atoms with E-state index >= 15 is 0 Å². The number of amides is 2. The largest absolute Gasteiger partial charge is 0.355 e. The molecule has 1 aromatic heterocycles. The van der Waals surface area contributed by atoms with Crippen molar-refractivity contribution in [2.45, 2.75) is 51.0 Å². The summed E-state index contributed by atoms with van der Waals surface area (Å²) < 4.78 is 29.6. The zero-order chi connectivity index (χ0) is 22.6. The molecule has 8 nitrogen and oxygen atoms in total. The number of rotatable bonds is 7. The first-order valence-corrected chi connectivity index (χ1v) is 12.3. The monoisotopic (exact) mass is 447 g/mol. The number of carbonyl (C=O) groups excluding carboxylic acids is 2. The number of likely N-dealkylation sites (tertiary alicyclic amines) is 1. The van der Waals surface area contributed by atoms with Gasteiger partial charge in [0.1, 0.15) is 0 Å². The smallest absolute Gasteiger partial charge is 0.276 e. The van der Waals surface area contributed by atoms with Gasteiger partial charge in [0.2, 0.25) is 5.91 Å². The van der Waals surface area contributed by atoms with E-state index in [0.717, 1.165) is 0 Å². The minimum atomic E-state index is -3.29. The molecule has 1 aliphatic heterocycles. The molecule has 0 radical (unpaired) electrons. The molecule has 0 atom stereocenters. The van der Waals surface area contributed by atoms with E-state index in [4.69, 9.17) is 4.52 Å². The molecule has 0 saturated carbocycles. The summed E-state index contributed by atoms with van der Waals surface area (Å²) in [4.78, 5) is 26.9. The van der Waals surface area contributed by atoms with Gasteiger partial charge in [-0.2, -0.15) is 0 Å². The number of aromatic nitrogens is 1. The normalized spacial score (nSPS) is 15.3. The highest BCUT2D eigenvalue weighted by molar-refractivity contribution is 7.91. The fraction of sp³-hybridized carbons (Fsp3) is 0.500. The van der Waals surface area contributed by atoms with Gasteiger partial charge in [-0.1, -0.05) is 12.1 Å². The van der Waals surface area contributed by atoms with Gasteiger partial charge in [0, 0.05) is 36.7 Å². The third kappa shape index (κ3) is 5.52. The van der Waals surface area contributed by atoms with Gasteiger partial charge in [0.05, 0.1) is 10.6 Å². The van der Waals surface area contributed by atoms with E-state index in [1.54, 1.807) is 23.1 Å². The number of sulfone groups is 1. The maximum Gasteiger partial charge on any atom is 0.276 e. The van der Waals surface area contributed by atoms with Gasteiger partial charge >= 0.3 is 0 Å². The van der Waals surface area contributed by atoms with Crippen molar-refractivity contribution < 1.29 is 22.5 Å². The Labute approximate surface area is 182 Å². The first-order chi connectivity index (χ1) is 14.7. The van der Waals surface area contributed by atoms with Gasteiger partial charge < -0.3 is 14.7 Å². The Bertz CT molecular complexity index is 1020. The molecule has 9 heteroatoms. The molecule has 3 rings (SSSR count). The fourth-order valence-electron chi connectivity index (χ4n) is 3.63. The van der Waals surface area contributed by atoms with Gasteiger partial charge in [0.25, 0.3) is 5.91 Å². The van der Waals surface area contributed by atoms with Crippen LogP contribution >= 0.6 is 0 Å². The van der Waals surface area contributed by atoms with E-state index in [1.807, 2.05) is 20.8 Å². The Morgan fingerprint density at radius 3 is 2.42 bits per heavy atom. The summed E-state index contributed by atoms with van der Waals surface area (Å²) in [5, 5.41) is 6.82. The lowest BCUT2D eigenvalue weighted by Gasteiger charge is -2.31. The fourth-order valence-corrected chi connectivity index (χ4v) is 4.96. The third-order valence-electron chi connectivity index (χ3n) is 5.28. The summed E-state index contributed by atoms with van der Waals surface area (Å²) in [7, 11) is -3.29. The predicted molar refractivity (Wildman–Crippen MR) is 116 cm³/mol. The van der Waals surface area contributed by atoms with Crippen molar-refractivity contribution >= 4 is 21.7 Å². The Hall–Kier alpha value is -2.68. The number of nitrogens with one attached hydrogen (secondary N) is 1. The minimum absolute atomic E-state index is 0.0372. The standard InChI is InChI=1S/C22H29N3O5S/c1-4-13-31(28,29)18-7-5-16(6-8-18)20-14-19(24-30-20)22(27)25-11-9-17(10-12-25)21(26)23-15(2)3/h5-8,14-15,17H,4,9-13H2,1-3H3,(H,23,26). The highest BCUT2D eigenvalue weighted by atomic mass is 32.2. The highest BCUT2D eigenvalue weighted by Crippen LogP contribution is 2.25. The van der Waals surface area contributed by atoms with Crippen molar-refractivity contribution in [2.24, 2.45) is 5.92 Å². The second-order valence-electron chi connectivity index (χ2n) is 8.15. The average molecular weight is 448 g/mol. The predicted octanol–water partition coefficient (Wildman–Crippen LogP) is 2.90. The van der Waals surface area contributed by atoms with E-state index < -0.39 is 9.84 Å². The summed E-state index contributed by atoms with van der Waals surface area (Å²) in [6, 6.07) is 8.04. The van der Waals surface area contributed by atoms with Crippen LogP contribution in [-0.2, 0) is 14.6 Å². The number of carbonyl (C=O) groups is 2. The van der Waals surface area contributed by atoms with Crippen molar-refractivity contribution in [2.75, 3.05) is 18.8 Å². The molecule has 0 spiro atoms. The van der Waals surface area contributed by atoms with Crippen LogP contribution in [0.5, 0.6) is 0 Å². The Kier molecular flexibility index (Phi) is 7.15. The minimum Gasteiger partial charge on any atom is -0.355 e. The summed E-state index contributed by atoms with van der Waals surface area (Å²) in [5.41, 5.74) is 0.842. The van der Waals surface area contributed by atoms with Crippen LogP contribution in [0, 0.1) is 5.92 Å². The van der Waals surface area contributed by atoms with Crippen LogP contribution in [0.15, 0.2) is 39.8 Å². The number of nitrogens with zero attached hydrogens (tertiary/aromatic N) is 2. The summed E-state index contributed by atoms with van der Waals surface area (Å²) >= 11 is 0. The lowest BCUT2D eigenvalue weighted by atomic mass is 9.95. The molecular formula is C22H29N3O5S. The van der Waals surface area contributed by atoms with Crippen LogP contribution in [-0.4, -0.2) is 55.2 Å². The molecule has 0 aliphatic carbocycles. The van der Waals surface area contributed by atoms with Crippen molar-refractivity contribution in [1.82, 2.24) is 15.4 Å². The second kappa shape index (κ2) is 9.64. The van der Waals surface area contributed by atoms with Crippen molar-refractivity contribution in [3.05, 3.63) is 36.0 Å². The van der Waals surface area contributed by atoms with Gasteiger partial charge in [-0.25, -0.2) is 8.42 Å². The molecule has 2 heterocycles. The van der Waals surface area contributed by atoms with Crippen LogP contribution in [0.1, 0.15) is 50.5 Å². The second-order valence-corrected chi connectivity index (χ2v) is 10.3. The number of hydrogen-bond acceptors (Lipinski definition) is 6. The first kappa shape index (κ1) is 23.0. The molecule has 2 amide bonds. The van der Waals surface area contributed by atoms with Crippen LogP contribution in [0.2, 0.25) is 0 Å². The Morgan fingerprint density at radius 1 is 1.19 bits per heavy atom. The average Bonchev–Trinajstić information content (AvgIpc) is 3.23. The van der Waals surface area contributed by atoms with E-state index in [1.165, 1.54) is 12.1 Å². The highest BCUT2D eigenvalue weighted by Gasteiger charge is 2.29. The Balaban J connectivity index is 1.63. The quantitative estimate of drug-likeness (QED) is 0.699. The van der Waals surface area contributed by atoms with E-state index in [9.17, 15) is 18.0 Å². The third-order valence-corrected chi connectivity index (χ3v) is 7.22. The molecule has 31 heavy (non-hydrogen) atoms. The maximum atomic E-state index is 12.8. The van der Waals surface area contributed by atoms with Gasteiger partial charge in [-0.15, -0.1) is 0 Å². The summed E-state index contributed by atoms with van der Waals surface area (Å²) in [6.45, 7) is 6.65. The summed E-state index contributed by atoms with van der Waals surface area (Å²) in [5.74, 6) is 0.217. The Morgan fingerprint density at radius 2 is 1.84 bits per heavy atom. The van der Waals surface area contributed by atoms with Crippen molar-refractivity contribution in [3.63, 3.8) is 0 Å². The molecule has 0 unspecified atom stereocenters. The van der Waals surface area contributed by atoms with Crippen LogP contribution in [0.3, 0.4) is 0 Å². The molecular weight excluding hydrogens is 418 g/mol. The first-order valence-electron chi connectivity index (χ1n) is 10.6. The van der Waals surface area contributed by atoms with Gasteiger partial charge in [-0.3, -0.25) is 9.59 Å². The van der Waals surface area contributed by atoms with Crippen LogP contribution < -0.4 is 5.32 Å². The van der Waals surface area contributed by atoms with Crippen molar-refractivity contribution in [1.29, 1.82) is 0 Å². The van der Waals surface area contributed by atoms with Crippen molar-refractivity contribution in [3.8, 4) is 11.3 Å². The molecule has 1 fully saturated rings.